The predicted molar refractivity (Wildman–Crippen MR) is 75.9 cm³/mol. The number of nitrogens with zero attached hydrogens (tertiary/aromatic N) is 3. The van der Waals surface area contributed by atoms with E-state index in [1.54, 1.807) is 0 Å². The molecule has 4 heteroatoms. The molecule has 1 heterocycles. The first-order chi connectivity index (χ1) is 9.29. The molecule has 3 rings (SSSR count). The zero-order chi connectivity index (χ0) is 13.2. The van der Waals surface area contributed by atoms with Crippen molar-refractivity contribution in [2.75, 3.05) is 6.54 Å². The molecule has 4 nitrogen and oxygen atoms in total. The molecule has 2 N–H and O–H groups in total. The minimum atomic E-state index is 0.0221. The van der Waals surface area contributed by atoms with Crippen molar-refractivity contribution in [3.8, 4) is 0 Å². The van der Waals surface area contributed by atoms with Crippen molar-refractivity contribution in [3.05, 3.63) is 59.7 Å². The van der Waals surface area contributed by atoms with Gasteiger partial charge in [0.15, 0.2) is 0 Å². The highest BCUT2D eigenvalue weighted by Gasteiger charge is 2.16. The van der Waals surface area contributed by atoms with Gasteiger partial charge in [-0.25, -0.2) is 4.68 Å². The second-order valence-corrected chi connectivity index (χ2v) is 4.69. The lowest BCUT2D eigenvalue weighted by Gasteiger charge is -2.16. The molecule has 96 valence electrons. The Balaban J connectivity index is 2.12. The van der Waals surface area contributed by atoms with Crippen LogP contribution in [0.15, 0.2) is 48.5 Å². The fourth-order valence-electron chi connectivity index (χ4n) is 2.33. The summed E-state index contributed by atoms with van der Waals surface area (Å²) in [7, 11) is 0. The number of aromatic nitrogens is 3. The average molecular weight is 252 g/mol. The lowest BCUT2D eigenvalue weighted by Crippen LogP contribution is -2.21. The first-order valence-electron chi connectivity index (χ1n) is 6.36. The maximum absolute atomic E-state index is 5.93. The molecule has 0 amide bonds. The van der Waals surface area contributed by atoms with E-state index in [4.69, 9.17) is 5.73 Å². The van der Waals surface area contributed by atoms with Crippen LogP contribution in [0, 0.1) is 6.92 Å². The second-order valence-electron chi connectivity index (χ2n) is 4.69. The first-order valence-corrected chi connectivity index (χ1v) is 6.36. The molecule has 0 spiro atoms. The van der Waals surface area contributed by atoms with Crippen LogP contribution in [0.2, 0.25) is 0 Å². The maximum Gasteiger partial charge on any atom is 0.113 e. The van der Waals surface area contributed by atoms with E-state index in [1.807, 2.05) is 28.9 Å². The zero-order valence-electron chi connectivity index (χ0n) is 10.8. The summed E-state index contributed by atoms with van der Waals surface area (Å²) in [5.74, 6) is 0. The van der Waals surface area contributed by atoms with E-state index in [1.165, 1.54) is 5.56 Å². The molecular formula is C15H16N4. The van der Waals surface area contributed by atoms with Gasteiger partial charge in [-0.05, 0) is 30.2 Å². The molecular weight excluding hydrogens is 236 g/mol. The number of rotatable bonds is 3. The van der Waals surface area contributed by atoms with Gasteiger partial charge in [-0.2, -0.15) is 0 Å². The van der Waals surface area contributed by atoms with Crippen molar-refractivity contribution in [2.45, 2.75) is 13.0 Å². The van der Waals surface area contributed by atoms with Gasteiger partial charge in [0.1, 0.15) is 5.52 Å². The molecule has 3 aromatic rings. The lowest BCUT2D eigenvalue weighted by molar-refractivity contribution is 0.529. The molecule has 19 heavy (non-hydrogen) atoms. The lowest BCUT2D eigenvalue weighted by atomic mass is 10.1. The summed E-state index contributed by atoms with van der Waals surface area (Å²) >= 11 is 0. The van der Waals surface area contributed by atoms with Gasteiger partial charge < -0.3 is 5.73 Å². The van der Waals surface area contributed by atoms with Crippen molar-refractivity contribution in [2.24, 2.45) is 5.73 Å². The normalized spacial score (nSPS) is 12.7. The van der Waals surface area contributed by atoms with Gasteiger partial charge in [0.2, 0.25) is 0 Å². The molecule has 0 bridgehead atoms. The van der Waals surface area contributed by atoms with E-state index in [9.17, 15) is 0 Å². The van der Waals surface area contributed by atoms with Crippen LogP contribution in [0.4, 0.5) is 0 Å². The molecule has 0 aliphatic heterocycles. The average Bonchev–Trinajstić information content (AvgIpc) is 2.84. The largest absolute Gasteiger partial charge is 0.328 e. The molecule has 2 aromatic carbocycles. The van der Waals surface area contributed by atoms with Crippen molar-refractivity contribution < 1.29 is 0 Å². The van der Waals surface area contributed by atoms with Crippen LogP contribution in [-0.4, -0.2) is 21.5 Å². The van der Waals surface area contributed by atoms with Crippen LogP contribution in [0.3, 0.4) is 0 Å². The molecule has 1 unspecified atom stereocenters. The SMILES string of the molecule is Cc1ccc2c(c1)nnn2C(CN)c1ccccc1. The van der Waals surface area contributed by atoms with Crippen LogP contribution in [0.1, 0.15) is 17.2 Å². The fraction of sp³-hybridized carbons (Fsp3) is 0.200. The minimum Gasteiger partial charge on any atom is -0.328 e. The number of benzene rings is 2. The van der Waals surface area contributed by atoms with Gasteiger partial charge in [-0.15, -0.1) is 5.10 Å². The van der Waals surface area contributed by atoms with E-state index in [2.05, 4.69) is 41.5 Å². The van der Waals surface area contributed by atoms with Gasteiger partial charge in [0.05, 0.1) is 11.6 Å². The Morgan fingerprint density at radius 3 is 2.68 bits per heavy atom. The summed E-state index contributed by atoms with van der Waals surface area (Å²) in [5, 5.41) is 8.50. The van der Waals surface area contributed by atoms with Gasteiger partial charge in [0.25, 0.3) is 0 Å². The van der Waals surface area contributed by atoms with Crippen molar-refractivity contribution >= 4 is 11.0 Å². The number of nitrogens with two attached hydrogens (primary N) is 1. The summed E-state index contributed by atoms with van der Waals surface area (Å²) in [5.41, 5.74) is 10.2. The fourth-order valence-corrected chi connectivity index (χ4v) is 2.33. The van der Waals surface area contributed by atoms with E-state index in [0.717, 1.165) is 16.6 Å². The van der Waals surface area contributed by atoms with E-state index in [-0.39, 0.29) is 6.04 Å². The molecule has 0 fully saturated rings. The van der Waals surface area contributed by atoms with Crippen LogP contribution >= 0.6 is 0 Å². The second kappa shape index (κ2) is 4.82. The van der Waals surface area contributed by atoms with Gasteiger partial charge in [0, 0.05) is 6.54 Å². The molecule has 0 aliphatic rings. The summed E-state index contributed by atoms with van der Waals surface area (Å²) in [6, 6.07) is 16.4. The Kier molecular flexibility index (Phi) is 3.01. The highest BCUT2D eigenvalue weighted by Crippen LogP contribution is 2.21. The maximum atomic E-state index is 5.93. The third-order valence-corrected chi connectivity index (χ3v) is 3.33. The molecule has 0 aliphatic carbocycles. The topological polar surface area (TPSA) is 56.7 Å². The summed E-state index contributed by atoms with van der Waals surface area (Å²) in [6.07, 6.45) is 0. The Bertz CT molecular complexity index is 688. The van der Waals surface area contributed by atoms with E-state index >= 15 is 0 Å². The Morgan fingerprint density at radius 2 is 1.95 bits per heavy atom. The van der Waals surface area contributed by atoms with Crippen LogP contribution in [0.25, 0.3) is 11.0 Å². The summed E-state index contributed by atoms with van der Waals surface area (Å²) in [4.78, 5) is 0. The monoisotopic (exact) mass is 252 g/mol. The van der Waals surface area contributed by atoms with Gasteiger partial charge in [-0.1, -0.05) is 41.6 Å². The molecule has 0 saturated heterocycles. The predicted octanol–water partition coefficient (Wildman–Crippen LogP) is 2.29. The standard InChI is InChI=1S/C15H16N4/c1-11-7-8-14-13(9-11)17-18-19(14)15(10-16)12-5-3-2-4-6-12/h2-9,15H,10,16H2,1H3. The van der Waals surface area contributed by atoms with Crippen LogP contribution < -0.4 is 5.73 Å². The van der Waals surface area contributed by atoms with Crippen LogP contribution in [-0.2, 0) is 0 Å². The van der Waals surface area contributed by atoms with Gasteiger partial charge >= 0.3 is 0 Å². The third kappa shape index (κ3) is 2.11. The van der Waals surface area contributed by atoms with Crippen molar-refractivity contribution in [1.29, 1.82) is 0 Å². The summed E-state index contributed by atoms with van der Waals surface area (Å²) in [6.45, 7) is 2.55. The Hall–Kier alpha value is -2.20. The number of aryl methyl sites for hydroxylation is 1. The van der Waals surface area contributed by atoms with Crippen molar-refractivity contribution in [1.82, 2.24) is 15.0 Å². The smallest absolute Gasteiger partial charge is 0.113 e. The third-order valence-electron chi connectivity index (χ3n) is 3.33. The molecule has 0 saturated carbocycles. The van der Waals surface area contributed by atoms with E-state index in [0.29, 0.717) is 6.54 Å². The highest BCUT2D eigenvalue weighted by atomic mass is 15.4. The minimum absolute atomic E-state index is 0.0221. The van der Waals surface area contributed by atoms with Crippen LogP contribution in [0.5, 0.6) is 0 Å². The molecule has 0 radical (unpaired) electrons. The Morgan fingerprint density at radius 1 is 1.16 bits per heavy atom. The number of fused-ring (bicyclic) bond motifs is 1. The first kappa shape index (κ1) is 11.9. The van der Waals surface area contributed by atoms with E-state index < -0.39 is 0 Å². The highest BCUT2D eigenvalue weighted by molar-refractivity contribution is 5.75. The molecule has 1 atom stereocenters. The molecule has 1 aromatic heterocycles. The van der Waals surface area contributed by atoms with Crippen molar-refractivity contribution in [3.63, 3.8) is 0 Å². The number of hydrogen-bond donors (Lipinski definition) is 1. The summed E-state index contributed by atoms with van der Waals surface area (Å²) < 4.78 is 1.91. The Labute approximate surface area is 111 Å². The number of hydrogen-bond acceptors (Lipinski definition) is 3. The zero-order valence-corrected chi connectivity index (χ0v) is 10.8. The van der Waals surface area contributed by atoms with Gasteiger partial charge in [-0.3, -0.25) is 0 Å². The quantitative estimate of drug-likeness (QED) is 0.778.